The van der Waals surface area contributed by atoms with E-state index in [9.17, 15) is 0 Å². The van der Waals surface area contributed by atoms with E-state index in [0.29, 0.717) is 0 Å². The fourth-order valence-corrected chi connectivity index (χ4v) is 3.50. The number of hydrogen-bond donors (Lipinski definition) is 0. The monoisotopic (exact) mass is 278 g/mol. The maximum Gasteiger partial charge on any atom is 0.179 e. The highest BCUT2D eigenvalue weighted by Crippen LogP contribution is 2.35. The van der Waals surface area contributed by atoms with Gasteiger partial charge in [-0.3, -0.25) is 0 Å². The van der Waals surface area contributed by atoms with Crippen LogP contribution >= 0.6 is 21.6 Å². The third-order valence-corrected chi connectivity index (χ3v) is 4.40. The number of imidazole rings is 2. The molecule has 2 aromatic rings. The lowest BCUT2D eigenvalue weighted by Crippen LogP contribution is -1.96. The summed E-state index contributed by atoms with van der Waals surface area (Å²) in [5.74, 6) is 0. The fraction of sp³-hybridized carbons (Fsp3) is 0.167. The maximum absolute atomic E-state index is 4.31. The molecule has 0 aromatic carbocycles. The molecule has 0 N–H and O–H groups in total. The summed E-state index contributed by atoms with van der Waals surface area (Å²) in [5, 5.41) is 1.90. The summed E-state index contributed by atoms with van der Waals surface area (Å²) in [5.41, 5.74) is 0. The molecule has 0 radical (unpaired) electrons. The third kappa shape index (κ3) is 3.08. The van der Waals surface area contributed by atoms with Crippen LogP contribution in [0.1, 0.15) is 0 Å². The zero-order valence-electron chi connectivity index (χ0n) is 9.90. The van der Waals surface area contributed by atoms with Gasteiger partial charge in [0.1, 0.15) is 0 Å². The van der Waals surface area contributed by atoms with Crippen LogP contribution in [0.25, 0.3) is 0 Å². The highest BCUT2D eigenvalue weighted by Gasteiger charge is 2.07. The topological polar surface area (TPSA) is 35.6 Å². The van der Waals surface area contributed by atoms with E-state index in [1.165, 1.54) is 0 Å². The summed E-state index contributed by atoms with van der Waals surface area (Å²) in [6, 6.07) is 0. The van der Waals surface area contributed by atoms with Gasteiger partial charge in [0.15, 0.2) is 10.3 Å². The van der Waals surface area contributed by atoms with Crippen LogP contribution in [0.2, 0.25) is 0 Å². The lowest BCUT2D eigenvalue weighted by molar-refractivity contribution is 0.724. The van der Waals surface area contributed by atoms with E-state index < -0.39 is 0 Å². The van der Waals surface area contributed by atoms with Crippen LogP contribution in [-0.2, 0) is 13.1 Å². The van der Waals surface area contributed by atoms with Gasteiger partial charge in [0.2, 0.25) is 0 Å². The standard InChI is InChI=1S/C12H14N4S2/c1-3-7-15-9-5-13-11(15)17-18-12-14-6-10-16(12)8-4-2/h3-6,9-10H,1-2,7-8H2. The molecule has 0 fully saturated rings. The molecule has 18 heavy (non-hydrogen) atoms. The Balaban J connectivity index is 2.02. The van der Waals surface area contributed by atoms with E-state index in [0.717, 1.165) is 23.4 Å². The van der Waals surface area contributed by atoms with Crippen LogP contribution < -0.4 is 0 Å². The van der Waals surface area contributed by atoms with Gasteiger partial charge in [-0.15, -0.1) is 13.2 Å². The second kappa shape index (κ2) is 6.51. The average Bonchev–Trinajstić information content (AvgIpc) is 2.97. The minimum Gasteiger partial charge on any atom is -0.322 e. The zero-order chi connectivity index (χ0) is 12.8. The summed E-state index contributed by atoms with van der Waals surface area (Å²) >= 11 is 0. The average molecular weight is 278 g/mol. The molecule has 0 saturated carbocycles. The summed E-state index contributed by atoms with van der Waals surface area (Å²) in [7, 11) is 3.19. The summed E-state index contributed by atoms with van der Waals surface area (Å²) in [4.78, 5) is 8.62. The number of hydrogen-bond acceptors (Lipinski definition) is 4. The first-order valence-electron chi connectivity index (χ1n) is 5.43. The summed E-state index contributed by atoms with van der Waals surface area (Å²) < 4.78 is 4.09. The normalized spacial score (nSPS) is 10.4. The van der Waals surface area contributed by atoms with E-state index in [1.807, 2.05) is 33.7 Å². The van der Waals surface area contributed by atoms with Gasteiger partial charge in [0, 0.05) is 37.9 Å². The Bertz CT molecular complexity index is 481. The summed E-state index contributed by atoms with van der Waals surface area (Å²) in [6.45, 7) is 9.00. The third-order valence-electron chi connectivity index (χ3n) is 2.20. The molecular weight excluding hydrogens is 264 g/mol. The SMILES string of the molecule is C=CCn1ccnc1SSc1nccn1CC=C. The van der Waals surface area contributed by atoms with E-state index in [1.54, 1.807) is 34.0 Å². The molecular formula is C12H14N4S2. The Hall–Kier alpha value is -1.40. The summed E-state index contributed by atoms with van der Waals surface area (Å²) in [6.07, 6.45) is 11.2. The Kier molecular flexibility index (Phi) is 4.72. The van der Waals surface area contributed by atoms with Crippen molar-refractivity contribution >= 4 is 21.6 Å². The molecule has 0 unspecified atom stereocenters. The molecule has 0 bridgehead atoms. The molecule has 0 aliphatic heterocycles. The van der Waals surface area contributed by atoms with Crippen molar-refractivity contribution in [2.24, 2.45) is 0 Å². The Labute approximate surface area is 114 Å². The Morgan fingerprint density at radius 2 is 1.39 bits per heavy atom. The van der Waals surface area contributed by atoms with Crippen LogP contribution in [0.3, 0.4) is 0 Å². The van der Waals surface area contributed by atoms with Gasteiger partial charge < -0.3 is 9.13 Å². The van der Waals surface area contributed by atoms with Crippen LogP contribution in [0.5, 0.6) is 0 Å². The van der Waals surface area contributed by atoms with E-state index in [4.69, 9.17) is 0 Å². The van der Waals surface area contributed by atoms with Crippen molar-refractivity contribution in [3.63, 3.8) is 0 Å². The number of rotatable bonds is 7. The van der Waals surface area contributed by atoms with Crippen molar-refractivity contribution < 1.29 is 0 Å². The molecule has 4 nitrogen and oxygen atoms in total. The largest absolute Gasteiger partial charge is 0.322 e. The lowest BCUT2D eigenvalue weighted by Gasteiger charge is -2.05. The maximum atomic E-state index is 4.31. The van der Waals surface area contributed by atoms with Gasteiger partial charge in [-0.1, -0.05) is 12.2 Å². The van der Waals surface area contributed by atoms with Gasteiger partial charge in [0.05, 0.1) is 0 Å². The van der Waals surface area contributed by atoms with Crippen molar-refractivity contribution in [2.45, 2.75) is 23.4 Å². The van der Waals surface area contributed by atoms with E-state index in [2.05, 4.69) is 23.1 Å². The van der Waals surface area contributed by atoms with Gasteiger partial charge in [-0.05, 0) is 21.6 Å². The first-order chi connectivity index (χ1) is 8.85. The molecule has 0 aliphatic rings. The molecule has 0 atom stereocenters. The minimum absolute atomic E-state index is 0.768. The van der Waals surface area contributed by atoms with Gasteiger partial charge in [-0.25, -0.2) is 9.97 Å². The number of nitrogens with zero attached hydrogens (tertiary/aromatic N) is 4. The predicted molar refractivity (Wildman–Crippen MR) is 76.6 cm³/mol. The van der Waals surface area contributed by atoms with Crippen molar-refractivity contribution in [1.29, 1.82) is 0 Å². The quantitative estimate of drug-likeness (QED) is 0.575. The number of allylic oxidation sites excluding steroid dienone is 2. The van der Waals surface area contributed by atoms with Crippen LogP contribution in [-0.4, -0.2) is 19.1 Å². The first-order valence-corrected chi connectivity index (χ1v) is 7.58. The second-order valence-corrected chi connectivity index (χ2v) is 5.53. The van der Waals surface area contributed by atoms with Crippen molar-refractivity contribution in [1.82, 2.24) is 19.1 Å². The smallest absolute Gasteiger partial charge is 0.179 e. The molecule has 2 aromatic heterocycles. The molecule has 2 heterocycles. The molecule has 0 spiro atoms. The molecule has 94 valence electrons. The molecule has 0 aliphatic carbocycles. The van der Waals surface area contributed by atoms with Crippen molar-refractivity contribution in [3.05, 3.63) is 50.1 Å². The highest BCUT2D eigenvalue weighted by molar-refractivity contribution is 8.76. The zero-order valence-corrected chi connectivity index (χ0v) is 11.5. The second-order valence-electron chi connectivity index (χ2n) is 3.47. The van der Waals surface area contributed by atoms with Crippen LogP contribution in [0.15, 0.2) is 60.4 Å². The minimum atomic E-state index is 0.768. The molecule has 0 saturated heterocycles. The van der Waals surface area contributed by atoms with Gasteiger partial charge in [0.25, 0.3) is 0 Å². The highest BCUT2D eigenvalue weighted by atomic mass is 33.1. The van der Waals surface area contributed by atoms with Gasteiger partial charge >= 0.3 is 0 Å². The van der Waals surface area contributed by atoms with Gasteiger partial charge in [-0.2, -0.15) is 0 Å². The van der Waals surface area contributed by atoms with Crippen LogP contribution in [0, 0.1) is 0 Å². The molecule has 6 heteroatoms. The van der Waals surface area contributed by atoms with Crippen molar-refractivity contribution in [2.75, 3.05) is 0 Å². The Morgan fingerprint density at radius 3 is 1.78 bits per heavy atom. The predicted octanol–water partition coefficient (Wildman–Crippen LogP) is 3.25. The number of aromatic nitrogens is 4. The lowest BCUT2D eigenvalue weighted by atomic mass is 10.6. The molecule has 0 amide bonds. The van der Waals surface area contributed by atoms with Crippen molar-refractivity contribution in [3.8, 4) is 0 Å². The fourth-order valence-electron chi connectivity index (χ4n) is 1.40. The van der Waals surface area contributed by atoms with E-state index in [-0.39, 0.29) is 0 Å². The molecule has 2 rings (SSSR count). The Morgan fingerprint density at radius 1 is 0.944 bits per heavy atom. The first kappa shape index (κ1) is 13.0. The van der Waals surface area contributed by atoms with E-state index >= 15 is 0 Å². The van der Waals surface area contributed by atoms with Crippen LogP contribution in [0.4, 0.5) is 0 Å².